The third-order valence-corrected chi connectivity index (χ3v) is 4.22. The fourth-order valence-corrected chi connectivity index (χ4v) is 2.76. The highest BCUT2D eigenvalue weighted by atomic mass is 32.1. The molecular formula is C15H26N4O2S. The molecule has 0 saturated carbocycles. The Bertz CT molecular complexity index is 480. The minimum Gasteiger partial charge on any atom is -0.466 e. The first-order valence-electron chi connectivity index (χ1n) is 7.59. The second-order valence-corrected chi connectivity index (χ2v) is 6.12. The van der Waals surface area contributed by atoms with Crippen LogP contribution in [-0.4, -0.2) is 43.7 Å². The number of carbonyl (C=O) groups excluding carboxylic acids is 1. The standard InChI is InChI=1S/C15H26N4O2S/c1-5-21-14(20)7-6-9-17-15(16-4)18-10-8-13-19-11(2)12(3)22-13/h5-10H2,1-4H3,(H2,16,17,18). The van der Waals surface area contributed by atoms with Crippen LogP contribution in [0, 0.1) is 13.8 Å². The summed E-state index contributed by atoms with van der Waals surface area (Å²) in [6.45, 7) is 7.84. The highest BCUT2D eigenvalue weighted by Crippen LogP contribution is 2.16. The zero-order valence-electron chi connectivity index (χ0n) is 13.9. The number of hydrogen-bond donors (Lipinski definition) is 2. The summed E-state index contributed by atoms with van der Waals surface area (Å²) in [5.41, 5.74) is 1.11. The summed E-state index contributed by atoms with van der Waals surface area (Å²) in [4.78, 5) is 21.2. The van der Waals surface area contributed by atoms with Crippen LogP contribution in [0.4, 0.5) is 0 Å². The van der Waals surface area contributed by atoms with E-state index in [1.54, 1.807) is 18.4 Å². The number of aromatic nitrogens is 1. The van der Waals surface area contributed by atoms with E-state index in [-0.39, 0.29) is 5.97 Å². The lowest BCUT2D eigenvalue weighted by atomic mass is 10.3. The van der Waals surface area contributed by atoms with E-state index in [1.165, 1.54) is 4.88 Å². The number of esters is 1. The molecule has 2 N–H and O–H groups in total. The Kier molecular flexibility index (Phi) is 8.50. The van der Waals surface area contributed by atoms with Crippen molar-refractivity contribution in [1.82, 2.24) is 15.6 Å². The second-order valence-electron chi connectivity index (χ2n) is 4.83. The van der Waals surface area contributed by atoms with Gasteiger partial charge in [-0.2, -0.15) is 0 Å². The quantitative estimate of drug-likeness (QED) is 0.330. The topological polar surface area (TPSA) is 75.6 Å². The maximum atomic E-state index is 11.2. The molecule has 0 radical (unpaired) electrons. The fraction of sp³-hybridized carbons (Fsp3) is 0.667. The van der Waals surface area contributed by atoms with Gasteiger partial charge in [0, 0.05) is 37.9 Å². The van der Waals surface area contributed by atoms with Crippen molar-refractivity contribution in [2.45, 2.75) is 40.0 Å². The molecular weight excluding hydrogens is 300 g/mol. The summed E-state index contributed by atoms with van der Waals surface area (Å²) in [5.74, 6) is 0.593. The Labute approximate surface area is 136 Å². The molecule has 0 bridgehead atoms. The Balaban J connectivity index is 2.18. The van der Waals surface area contributed by atoms with E-state index in [1.807, 2.05) is 13.8 Å². The van der Waals surface area contributed by atoms with Crippen molar-refractivity contribution in [3.63, 3.8) is 0 Å². The van der Waals surface area contributed by atoms with Crippen LogP contribution in [0.1, 0.15) is 35.3 Å². The van der Waals surface area contributed by atoms with Crippen LogP contribution in [0.15, 0.2) is 4.99 Å². The van der Waals surface area contributed by atoms with E-state index in [0.29, 0.717) is 19.6 Å². The predicted octanol–water partition coefficient (Wildman–Crippen LogP) is 1.81. The Hall–Kier alpha value is -1.63. The Morgan fingerprint density at radius 2 is 2.05 bits per heavy atom. The number of nitrogens with one attached hydrogen (secondary N) is 2. The number of aryl methyl sites for hydroxylation is 2. The van der Waals surface area contributed by atoms with Crippen LogP contribution in [-0.2, 0) is 16.0 Å². The lowest BCUT2D eigenvalue weighted by molar-refractivity contribution is -0.143. The highest BCUT2D eigenvalue weighted by Gasteiger charge is 2.05. The SMILES string of the molecule is CCOC(=O)CCCNC(=NC)NCCc1nc(C)c(C)s1. The van der Waals surface area contributed by atoms with E-state index in [9.17, 15) is 4.79 Å². The first-order chi connectivity index (χ1) is 10.6. The lowest BCUT2D eigenvalue weighted by Crippen LogP contribution is -2.38. The number of hydrogen-bond acceptors (Lipinski definition) is 5. The molecule has 0 saturated heterocycles. The molecule has 6 nitrogen and oxygen atoms in total. The number of nitrogens with zero attached hydrogens (tertiary/aromatic N) is 2. The van der Waals surface area contributed by atoms with Crippen molar-refractivity contribution in [3.05, 3.63) is 15.6 Å². The highest BCUT2D eigenvalue weighted by molar-refractivity contribution is 7.11. The number of carbonyl (C=O) groups is 1. The largest absolute Gasteiger partial charge is 0.466 e. The molecule has 7 heteroatoms. The van der Waals surface area contributed by atoms with E-state index in [2.05, 4.69) is 27.5 Å². The summed E-state index contributed by atoms with van der Waals surface area (Å²) in [7, 11) is 1.73. The first kappa shape index (κ1) is 18.4. The van der Waals surface area contributed by atoms with Gasteiger partial charge in [0.05, 0.1) is 17.3 Å². The van der Waals surface area contributed by atoms with Gasteiger partial charge >= 0.3 is 5.97 Å². The van der Waals surface area contributed by atoms with Gasteiger partial charge in [0.1, 0.15) is 0 Å². The van der Waals surface area contributed by atoms with Crippen molar-refractivity contribution < 1.29 is 9.53 Å². The molecule has 0 spiro atoms. The number of ether oxygens (including phenoxy) is 1. The summed E-state index contributed by atoms with van der Waals surface area (Å²) >= 11 is 1.74. The second kappa shape index (κ2) is 10.2. The number of guanidine groups is 1. The third kappa shape index (κ3) is 6.89. The van der Waals surface area contributed by atoms with Crippen LogP contribution in [0.25, 0.3) is 0 Å². The molecule has 1 heterocycles. The van der Waals surface area contributed by atoms with Crippen LogP contribution in [0.5, 0.6) is 0 Å². The molecule has 0 amide bonds. The molecule has 124 valence electrons. The lowest BCUT2D eigenvalue weighted by Gasteiger charge is -2.11. The van der Waals surface area contributed by atoms with E-state index in [4.69, 9.17) is 4.74 Å². The molecule has 1 rings (SSSR count). The summed E-state index contributed by atoms with van der Waals surface area (Å²) < 4.78 is 4.88. The minimum absolute atomic E-state index is 0.151. The van der Waals surface area contributed by atoms with Crippen LogP contribution in [0.3, 0.4) is 0 Å². The van der Waals surface area contributed by atoms with Gasteiger partial charge < -0.3 is 15.4 Å². The number of aliphatic imine (C=N–C) groups is 1. The van der Waals surface area contributed by atoms with Gasteiger partial charge in [0.15, 0.2) is 5.96 Å². The van der Waals surface area contributed by atoms with Crippen molar-refractivity contribution in [2.24, 2.45) is 4.99 Å². The average Bonchev–Trinajstić information content (AvgIpc) is 2.80. The van der Waals surface area contributed by atoms with E-state index >= 15 is 0 Å². The maximum absolute atomic E-state index is 11.2. The molecule has 0 fully saturated rings. The Morgan fingerprint density at radius 1 is 1.32 bits per heavy atom. The average molecular weight is 326 g/mol. The monoisotopic (exact) mass is 326 g/mol. The van der Waals surface area contributed by atoms with Gasteiger partial charge in [0.25, 0.3) is 0 Å². The van der Waals surface area contributed by atoms with Gasteiger partial charge in [-0.25, -0.2) is 4.98 Å². The van der Waals surface area contributed by atoms with Crippen molar-refractivity contribution in [2.75, 3.05) is 26.7 Å². The molecule has 1 aromatic heterocycles. The maximum Gasteiger partial charge on any atom is 0.305 e. The molecule has 0 aromatic carbocycles. The Morgan fingerprint density at radius 3 is 2.64 bits per heavy atom. The van der Waals surface area contributed by atoms with E-state index in [0.717, 1.165) is 36.0 Å². The zero-order chi connectivity index (χ0) is 16.4. The van der Waals surface area contributed by atoms with Crippen LogP contribution in [0.2, 0.25) is 0 Å². The van der Waals surface area contributed by atoms with Gasteiger partial charge in [-0.1, -0.05) is 0 Å². The molecule has 0 unspecified atom stereocenters. The molecule has 0 atom stereocenters. The molecule has 22 heavy (non-hydrogen) atoms. The molecule has 0 aliphatic heterocycles. The molecule has 1 aromatic rings. The number of thiazole rings is 1. The van der Waals surface area contributed by atoms with Gasteiger partial charge in [-0.05, 0) is 27.2 Å². The fourth-order valence-electron chi connectivity index (χ4n) is 1.83. The smallest absolute Gasteiger partial charge is 0.305 e. The van der Waals surface area contributed by atoms with Crippen molar-refractivity contribution in [1.29, 1.82) is 0 Å². The summed E-state index contributed by atoms with van der Waals surface area (Å²) in [6, 6.07) is 0. The predicted molar refractivity (Wildman–Crippen MR) is 90.5 cm³/mol. The van der Waals surface area contributed by atoms with Crippen LogP contribution < -0.4 is 10.6 Å². The van der Waals surface area contributed by atoms with E-state index < -0.39 is 0 Å². The van der Waals surface area contributed by atoms with Gasteiger partial charge in [-0.15, -0.1) is 11.3 Å². The summed E-state index contributed by atoms with van der Waals surface area (Å²) in [5, 5.41) is 7.57. The van der Waals surface area contributed by atoms with Gasteiger partial charge in [0.2, 0.25) is 0 Å². The molecule has 0 aliphatic carbocycles. The zero-order valence-corrected chi connectivity index (χ0v) is 14.7. The van der Waals surface area contributed by atoms with Crippen LogP contribution >= 0.6 is 11.3 Å². The third-order valence-electron chi connectivity index (χ3n) is 3.08. The van der Waals surface area contributed by atoms with Crippen molar-refractivity contribution >= 4 is 23.3 Å². The number of rotatable bonds is 8. The van der Waals surface area contributed by atoms with Crippen molar-refractivity contribution in [3.8, 4) is 0 Å². The molecule has 0 aliphatic rings. The normalized spacial score (nSPS) is 11.4. The van der Waals surface area contributed by atoms with Gasteiger partial charge in [-0.3, -0.25) is 9.79 Å². The first-order valence-corrected chi connectivity index (χ1v) is 8.41. The summed E-state index contributed by atoms with van der Waals surface area (Å²) in [6.07, 6.45) is 2.03. The minimum atomic E-state index is -0.151.